The number of halogens is 1. The summed E-state index contributed by atoms with van der Waals surface area (Å²) in [5, 5.41) is 5.98. The number of aliphatic imine (C=N–C) groups is 1. The van der Waals surface area contributed by atoms with Crippen LogP contribution in [0.4, 0.5) is 15.8 Å². The highest BCUT2D eigenvalue weighted by molar-refractivity contribution is 6.23. The number of benzene rings is 2. The third-order valence-electron chi connectivity index (χ3n) is 7.31. The number of ether oxygens (including phenoxy) is 1. The van der Waals surface area contributed by atoms with E-state index in [0.717, 1.165) is 11.8 Å². The Morgan fingerprint density at radius 1 is 1.23 bits per heavy atom. The summed E-state index contributed by atoms with van der Waals surface area (Å²) in [7, 11) is 1.31. The standard InChI is InChI=1S/C30H27FN4O4/c1-5-16(14-22(32-3)34-29(38)17-11-12-20(31)21(13-17)39-4)24-25(33-18-9-7-6-8-10-18)23-26(35-24)28(37)30(2)15-19(30)27(23)36/h5-14,19,33,35H,3,15H2,1-2,4H3,(H,34,38)/b16-5+,22-14+/t19-,30-/m1/s1. The van der Waals surface area contributed by atoms with Gasteiger partial charge in [0, 0.05) is 22.6 Å². The monoisotopic (exact) mass is 526 g/mol. The number of carbonyl (C=O) groups excluding carboxylic acids is 3. The lowest BCUT2D eigenvalue weighted by Crippen LogP contribution is -2.26. The van der Waals surface area contributed by atoms with Crippen LogP contribution in [0, 0.1) is 17.2 Å². The number of para-hydroxylation sites is 1. The van der Waals surface area contributed by atoms with Gasteiger partial charge in [-0.2, -0.15) is 0 Å². The number of aromatic nitrogens is 1. The number of fused-ring (bicyclic) bond motifs is 2. The lowest BCUT2D eigenvalue weighted by Gasteiger charge is -2.17. The van der Waals surface area contributed by atoms with Gasteiger partial charge in [0.2, 0.25) is 0 Å². The second-order valence-electron chi connectivity index (χ2n) is 9.72. The first-order chi connectivity index (χ1) is 18.7. The van der Waals surface area contributed by atoms with Crippen molar-refractivity contribution in [1.82, 2.24) is 10.3 Å². The molecular formula is C30H27FN4O4. The van der Waals surface area contributed by atoms with E-state index in [4.69, 9.17) is 4.74 Å². The molecule has 8 nitrogen and oxygen atoms in total. The fraction of sp³-hybridized carbons (Fsp3) is 0.200. The summed E-state index contributed by atoms with van der Waals surface area (Å²) in [6.07, 6.45) is 3.88. The SMILES string of the molecule is C=N/C(=C\C(=C/C)c1[nH]c2c(c1Nc1ccccc1)C(=O)[C@H]1C[C@@]1(C)C2=O)NC(=O)c1ccc(F)c(OC)c1. The van der Waals surface area contributed by atoms with Crippen molar-refractivity contribution in [3.8, 4) is 5.75 Å². The van der Waals surface area contributed by atoms with Crippen LogP contribution < -0.4 is 15.4 Å². The van der Waals surface area contributed by atoms with Crippen molar-refractivity contribution in [2.75, 3.05) is 12.4 Å². The molecule has 1 heterocycles. The molecule has 198 valence electrons. The minimum absolute atomic E-state index is 0.0662. The van der Waals surface area contributed by atoms with E-state index in [2.05, 4.69) is 27.3 Å². The van der Waals surface area contributed by atoms with Crippen LogP contribution in [-0.4, -0.2) is 36.3 Å². The predicted octanol–water partition coefficient (Wildman–Crippen LogP) is 5.69. The van der Waals surface area contributed by atoms with Crippen molar-refractivity contribution >= 4 is 41.1 Å². The predicted molar refractivity (Wildman–Crippen MR) is 147 cm³/mol. The molecule has 9 heteroatoms. The quantitative estimate of drug-likeness (QED) is 0.258. The number of anilines is 2. The Hall–Kier alpha value is -4.79. The van der Waals surface area contributed by atoms with Gasteiger partial charge < -0.3 is 20.4 Å². The molecular weight excluding hydrogens is 499 g/mol. The molecule has 1 saturated carbocycles. The molecule has 39 heavy (non-hydrogen) atoms. The Morgan fingerprint density at radius 3 is 2.64 bits per heavy atom. The highest BCUT2D eigenvalue weighted by atomic mass is 19.1. The van der Waals surface area contributed by atoms with Crippen LogP contribution in [0.3, 0.4) is 0 Å². The highest BCUT2D eigenvalue weighted by Crippen LogP contribution is 2.60. The number of hydrogen-bond donors (Lipinski definition) is 3. The van der Waals surface area contributed by atoms with E-state index >= 15 is 0 Å². The fourth-order valence-corrected chi connectivity index (χ4v) is 4.94. The van der Waals surface area contributed by atoms with Crippen LogP contribution >= 0.6 is 0 Å². The van der Waals surface area contributed by atoms with Gasteiger partial charge in [-0.05, 0) is 62.0 Å². The van der Waals surface area contributed by atoms with Crippen LogP contribution in [0.5, 0.6) is 5.75 Å². The van der Waals surface area contributed by atoms with E-state index in [9.17, 15) is 18.8 Å². The summed E-state index contributed by atoms with van der Waals surface area (Å²) in [4.78, 5) is 46.8. The summed E-state index contributed by atoms with van der Waals surface area (Å²) in [6, 6.07) is 13.1. The van der Waals surface area contributed by atoms with Crippen molar-refractivity contribution in [3.63, 3.8) is 0 Å². The number of nitrogens with zero attached hydrogens (tertiary/aromatic N) is 1. The van der Waals surface area contributed by atoms with Crippen LogP contribution in [0.25, 0.3) is 5.57 Å². The number of rotatable bonds is 8. The lowest BCUT2D eigenvalue weighted by atomic mass is 9.86. The number of H-pyrrole nitrogens is 1. The molecule has 1 amide bonds. The molecule has 2 aliphatic rings. The first kappa shape index (κ1) is 25.8. The Morgan fingerprint density at radius 2 is 1.97 bits per heavy atom. The van der Waals surface area contributed by atoms with Gasteiger partial charge in [-0.25, -0.2) is 9.38 Å². The molecule has 2 aliphatic carbocycles. The Balaban J connectivity index is 1.54. The Kier molecular flexibility index (Phi) is 6.51. The molecule has 5 rings (SSSR count). The largest absolute Gasteiger partial charge is 0.494 e. The third-order valence-corrected chi connectivity index (χ3v) is 7.31. The molecule has 0 bridgehead atoms. The Labute approximate surface area is 224 Å². The van der Waals surface area contributed by atoms with Crippen LogP contribution in [0.15, 0.2) is 71.5 Å². The number of aromatic amines is 1. The van der Waals surface area contributed by atoms with Gasteiger partial charge in [-0.3, -0.25) is 14.4 Å². The topological polar surface area (TPSA) is 113 Å². The molecule has 3 N–H and O–H groups in total. The van der Waals surface area contributed by atoms with Crippen LogP contribution in [0.1, 0.15) is 57.2 Å². The second kappa shape index (κ2) is 9.83. The first-order valence-electron chi connectivity index (χ1n) is 12.4. The normalized spacial score (nSPS) is 20.2. The van der Waals surface area contributed by atoms with E-state index in [1.807, 2.05) is 37.3 Å². The average molecular weight is 527 g/mol. The lowest BCUT2D eigenvalue weighted by molar-refractivity contribution is 0.0821. The minimum Gasteiger partial charge on any atom is -0.494 e. The summed E-state index contributed by atoms with van der Waals surface area (Å²) >= 11 is 0. The molecule has 0 radical (unpaired) electrons. The van der Waals surface area contributed by atoms with E-state index in [1.54, 1.807) is 19.1 Å². The maximum atomic E-state index is 13.8. The molecule has 0 aliphatic heterocycles. The van der Waals surface area contributed by atoms with E-state index in [0.29, 0.717) is 28.9 Å². The Bertz CT molecular complexity index is 1590. The highest BCUT2D eigenvalue weighted by Gasteiger charge is 2.64. The molecule has 2 aromatic carbocycles. The van der Waals surface area contributed by atoms with Crippen molar-refractivity contribution in [3.05, 3.63) is 94.8 Å². The van der Waals surface area contributed by atoms with E-state index in [-0.39, 0.29) is 40.3 Å². The van der Waals surface area contributed by atoms with Crippen molar-refractivity contribution in [1.29, 1.82) is 0 Å². The van der Waals surface area contributed by atoms with Gasteiger partial charge in [-0.1, -0.05) is 31.2 Å². The van der Waals surface area contributed by atoms with Gasteiger partial charge in [0.05, 0.1) is 29.7 Å². The molecule has 1 aromatic heterocycles. The number of methoxy groups -OCH3 is 1. The zero-order valence-corrected chi connectivity index (χ0v) is 21.7. The zero-order valence-electron chi connectivity index (χ0n) is 21.7. The smallest absolute Gasteiger partial charge is 0.256 e. The molecule has 3 aromatic rings. The van der Waals surface area contributed by atoms with Crippen LogP contribution in [-0.2, 0) is 0 Å². The number of Topliss-reactive ketones (excluding diaryl/α,β-unsaturated/α-hetero) is 2. The maximum Gasteiger partial charge on any atom is 0.256 e. The van der Waals surface area contributed by atoms with Gasteiger partial charge in [0.15, 0.2) is 23.1 Å². The minimum atomic E-state index is -0.680. The fourth-order valence-electron chi connectivity index (χ4n) is 4.94. The maximum absolute atomic E-state index is 13.8. The molecule has 2 atom stereocenters. The number of ketones is 2. The van der Waals surface area contributed by atoms with Crippen molar-refractivity contribution in [2.45, 2.75) is 20.3 Å². The third kappa shape index (κ3) is 4.46. The zero-order chi connectivity index (χ0) is 27.9. The van der Waals surface area contributed by atoms with Gasteiger partial charge >= 0.3 is 0 Å². The first-order valence-corrected chi connectivity index (χ1v) is 12.4. The summed E-state index contributed by atoms with van der Waals surface area (Å²) < 4.78 is 18.8. The molecule has 0 saturated heterocycles. The number of hydrogen-bond acceptors (Lipinski definition) is 6. The average Bonchev–Trinajstić information content (AvgIpc) is 3.53. The summed E-state index contributed by atoms with van der Waals surface area (Å²) in [6.45, 7) is 7.17. The number of nitrogens with one attached hydrogen (secondary N) is 3. The van der Waals surface area contributed by atoms with Gasteiger partial charge in [-0.15, -0.1) is 0 Å². The van der Waals surface area contributed by atoms with E-state index < -0.39 is 17.1 Å². The number of carbonyl (C=O) groups is 3. The van der Waals surface area contributed by atoms with Gasteiger partial charge in [0.1, 0.15) is 5.82 Å². The van der Waals surface area contributed by atoms with Crippen molar-refractivity contribution < 1.29 is 23.5 Å². The van der Waals surface area contributed by atoms with Gasteiger partial charge in [0.25, 0.3) is 5.91 Å². The van der Waals surface area contributed by atoms with Crippen molar-refractivity contribution in [2.24, 2.45) is 16.3 Å². The summed E-state index contributed by atoms with van der Waals surface area (Å²) in [5.41, 5.74) is 2.36. The molecule has 0 unspecified atom stereocenters. The second-order valence-corrected chi connectivity index (χ2v) is 9.72. The summed E-state index contributed by atoms with van der Waals surface area (Å²) in [5.74, 6) is -1.59. The van der Waals surface area contributed by atoms with Crippen LogP contribution in [0.2, 0.25) is 0 Å². The number of amides is 1. The molecule has 0 spiro atoms. The van der Waals surface area contributed by atoms with E-state index in [1.165, 1.54) is 19.2 Å². The number of allylic oxidation sites excluding steroid dienone is 3. The molecule has 1 fully saturated rings.